The monoisotopic (exact) mass is 107 g/mol. The van der Waals surface area contributed by atoms with Gasteiger partial charge in [-0.1, -0.05) is 0 Å². The van der Waals surface area contributed by atoms with Gasteiger partial charge in [-0.15, -0.1) is 12.6 Å². The van der Waals surface area contributed by atoms with E-state index in [0.29, 0.717) is 0 Å². The Kier molecular flexibility index (Phi) is 1.97. The Morgan fingerprint density at radius 3 is 2.17 bits per heavy atom. The number of carbonyl (C=O) groups excluding carboxylic acids is 1. The zero-order valence-electron chi connectivity index (χ0n) is 2.79. The van der Waals surface area contributed by atoms with Crippen molar-refractivity contribution in [1.82, 2.24) is 0 Å². The minimum Gasteiger partial charge on any atom is -0.546 e. The highest BCUT2D eigenvalue weighted by Crippen LogP contribution is 1.80. The summed E-state index contributed by atoms with van der Waals surface area (Å²) in [5, 5.41) is 17.1. The maximum absolute atomic E-state index is 9.26. The van der Waals surface area contributed by atoms with E-state index >= 15 is 0 Å². The van der Waals surface area contributed by atoms with Gasteiger partial charge in [0.1, 0.15) is 5.44 Å². The molecule has 0 bridgehead atoms. The van der Waals surface area contributed by atoms with Crippen molar-refractivity contribution in [3.63, 3.8) is 0 Å². The number of carboxylic acid groups (broad SMARTS) is 1. The maximum Gasteiger partial charge on any atom is 0.136 e. The Morgan fingerprint density at radius 2 is 2.17 bits per heavy atom. The number of carboxylic acids is 1. The quantitative estimate of drug-likeness (QED) is 0.300. The fourth-order valence-corrected chi connectivity index (χ4v) is 0. The Bertz CT molecular complexity index is 59.8. The van der Waals surface area contributed by atoms with Gasteiger partial charge in [0.05, 0.1) is 5.97 Å². The van der Waals surface area contributed by atoms with Gasteiger partial charge < -0.3 is 15.0 Å². The van der Waals surface area contributed by atoms with Crippen LogP contribution in [0.15, 0.2) is 0 Å². The summed E-state index contributed by atoms with van der Waals surface area (Å²) >= 11 is 3.09. The molecule has 0 saturated carbocycles. The zero-order valence-corrected chi connectivity index (χ0v) is 3.68. The summed E-state index contributed by atoms with van der Waals surface area (Å²) in [5.74, 6) is -1.57. The molecule has 0 amide bonds. The minimum atomic E-state index is -1.65. The smallest absolute Gasteiger partial charge is 0.136 e. The van der Waals surface area contributed by atoms with Crippen LogP contribution in [0.2, 0.25) is 0 Å². The van der Waals surface area contributed by atoms with E-state index in [-0.39, 0.29) is 0 Å². The first-order chi connectivity index (χ1) is 2.64. The Labute approximate surface area is 40.0 Å². The zero-order chi connectivity index (χ0) is 5.15. The third kappa shape index (κ3) is 2.04. The van der Waals surface area contributed by atoms with E-state index in [4.69, 9.17) is 5.11 Å². The average molecular weight is 107 g/mol. The first kappa shape index (κ1) is 5.78. The van der Waals surface area contributed by atoms with Crippen LogP contribution in [0.4, 0.5) is 0 Å². The number of hydrogen-bond donors (Lipinski definition) is 2. The normalized spacial score (nSPS) is 13.7. The Balaban J connectivity index is 3.26. The maximum atomic E-state index is 9.26. The third-order valence-electron chi connectivity index (χ3n) is 0.211. The van der Waals surface area contributed by atoms with Crippen LogP contribution in [-0.2, 0) is 4.79 Å². The lowest BCUT2D eigenvalue weighted by Gasteiger charge is -1.99. The first-order valence-corrected chi connectivity index (χ1v) is 1.73. The van der Waals surface area contributed by atoms with E-state index in [1.54, 1.807) is 0 Å². The molecule has 0 aliphatic rings. The molecule has 0 aromatic heterocycles. The average Bonchev–Trinajstić information content (AvgIpc) is 1.36. The molecule has 0 aliphatic heterocycles. The van der Waals surface area contributed by atoms with Crippen molar-refractivity contribution < 1.29 is 15.0 Å². The molecule has 0 heterocycles. The van der Waals surface area contributed by atoms with Crippen LogP contribution >= 0.6 is 12.6 Å². The summed E-state index contributed by atoms with van der Waals surface area (Å²) in [6.07, 6.45) is 0. The molecule has 6 heavy (non-hydrogen) atoms. The molecule has 0 spiro atoms. The Morgan fingerprint density at radius 1 is 2.00 bits per heavy atom. The highest BCUT2D eigenvalue weighted by atomic mass is 32.1. The molecule has 1 atom stereocenters. The number of aliphatic hydroxyl groups excluding tert-OH is 1. The van der Waals surface area contributed by atoms with Gasteiger partial charge in [-0.2, -0.15) is 0 Å². The summed E-state index contributed by atoms with van der Waals surface area (Å²) in [5.41, 5.74) is -1.65. The van der Waals surface area contributed by atoms with Gasteiger partial charge in [0.25, 0.3) is 0 Å². The second-order valence-electron chi connectivity index (χ2n) is 0.693. The molecule has 1 N–H and O–H groups in total. The molecule has 0 fully saturated rings. The van der Waals surface area contributed by atoms with E-state index in [1.165, 1.54) is 0 Å². The van der Waals surface area contributed by atoms with Gasteiger partial charge in [0.2, 0.25) is 0 Å². The van der Waals surface area contributed by atoms with E-state index < -0.39 is 11.4 Å². The van der Waals surface area contributed by atoms with E-state index in [2.05, 4.69) is 12.6 Å². The molecule has 3 nitrogen and oxygen atoms in total. The lowest BCUT2D eigenvalue weighted by molar-refractivity contribution is -0.310. The van der Waals surface area contributed by atoms with Crippen LogP contribution in [-0.4, -0.2) is 16.5 Å². The molecule has 36 valence electrons. The molecule has 0 rings (SSSR count). The van der Waals surface area contributed by atoms with Crippen molar-refractivity contribution >= 4 is 18.6 Å². The Hall–Kier alpha value is -0.220. The number of hydrogen-bond acceptors (Lipinski definition) is 4. The number of carbonyl (C=O) groups is 1. The van der Waals surface area contributed by atoms with Gasteiger partial charge in [-0.3, -0.25) is 0 Å². The molecule has 0 saturated heterocycles. The summed E-state index contributed by atoms with van der Waals surface area (Å²) in [6.45, 7) is 0. The van der Waals surface area contributed by atoms with Gasteiger partial charge in [-0.05, 0) is 0 Å². The molecule has 0 radical (unpaired) electrons. The number of rotatable bonds is 1. The van der Waals surface area contributed by atoms with Gasteiger partial charge in [-0.25, -0.2) is 0 Å². The third-order valence-corrected chi connectivity index (χ3v) is 0.422. The van der Waals surface area contributed by atoms with E-state index in [9.17, 15) is 9.90 Å². The van der Waals surface area contributed by atoms with Crippen molar-refractivity contribution in [2.24, 2.45) is 0 Å². The SMILES string of the molecule is O=C([O-])C(O)S. The van der Waals surface area contributed by atoms with Crippen LogP contribution in [0.5, 0.6) is 0 Å². The van der Waals surface area contributed by atoms with Gasteiger partial charge >= 0.3 is 0 Å². The molecular weight excluding hydrogens is 104 g/mol. The number of aliphatic carboxylic acids is 1. The van der Waals surface area contributed by atoms with Crippen molar-refractivity contribution in [3.8, 4) is 0 Å². The number of aliphatic hydroxyl groups is 1. The molecule has 0 aromatic carbocycles. The van der Waals surface area contributed by atoms with Crippen LogP contribution in [0.25, 0.3) is 0 Å². The second-order valence-corrected chi connectivity index (χ2v) is 1.18. The highest BCUT2D eigenvalue weighted by Gasteiger charge is 1.90. The topological polar surface area (TPSA) is 60.4 Å². The van der Waals surface area contributed by atoms with Crippen molar-refractivity contribution in [2.45, 2.75) is 5.44 Å². The minimum absolute atomic E-state index is 1.57. The molecule has 0 aliphatic carbocycles. The fourth-order valence-electron chi connectivity index (χ4n) is 0. The van der Waals surface area contributed by atoms with Crippen LogP contribution in [0, 0.1) is 0 Å². The van der Waals surface area contributed by atoms with Gasteiger partial charge in [0, 0.05) is 0 Å². The lowest BCUT2D eigenvalue weighted by atomic mass is 10.7. The standard InChI is InChI=1S/C2H4O3S/c3-1(4)2(5)6/h2,5-6H,(H,3,4)/p-1. The molecular formula is C2H3O3S-. The summed E-state index contributed by atoms with van der Waals surface area (Å²) in [7, 11) is 0. The predicted molar refractivity (Wildman–Crippen MR) is 20.0 cm³/mol. The van der Waals surface area contributed by atoms with E-state index in [0.717, 1.165) is 0 Å². The summed E-state index contributed by atoms with van der Waals surface area (Å²) < 4.78 is 0. The predicted octanol–water partition coefficient (Wildman–Crippen LogP) is -2.02. The first-order valence-electron chi connectivity index (χ1n) is 1.21. The van der Waals surface area contributed by atoms with Crippen LogP contribution < -0.4 is 5.11 Å². The summed E-state index contributed by atoms with van der Waals surface area (Å²) in [6, 6.07) is 0. The van der Waals surface area contributed by atoms with Crippen molar-refractivity contribution in [3.05, 3.63) is 0 Å². The lowest BCUT2D eigenvalue weighted by Crippen LogP contribution is -2.31. The second kappa shape index (κ2) is 2.04. The van der Waals surface area contributed by atoms with Gasteiger partial charge in [0.15, 0.2) is 0 Å². The van der Waals surface area contributed by atoms with Crippen LogP contribution in [0.3, 0.4) is 0 Å². The van der Waals surface area contributed by atoms with Crippen molar-refractivity contribution in [1.29, 1.82) is 0 Å². The summed E-state index contributed by atoms with van der Waals surface area (Å²) in [4.78, 5) is 9.26. The van der Waals surface area contributed by atoms with Crippen LogP contribution in [0.1, 0.15) is 0 Å². The fraction of sp³-hybridized carbons (Fsp3) is 0.500. The highest BCUT2D eigenvalue weighted by molar-refractivity contribution is 7.81. The molecule has 4 heteroatoms. The molecule has 0 aromatic rings. The van der Waals surface area contributed by atoms with Crippen molar-refractivity contribution in [2.75, 3.05) is 0 Å². The largest absolute Gasteiger partial charge is 0.546 e. The molecule has 1 unspecified atom stereocenters. The number of thiol groups is 1. The van der Waals surface area contributed by atoms with E-state index in [1.807, 2.05) is 0 Å².